The van der Waals surface area contributed by atoms with Gasteiger partial charge in [0, 0.05) is 6.07 Å². The molecule has 5 heteroatoms. The molecule has 22 heavy (non-hydrogen) atoms. The molecule has 0 aliphatic rings. The van der Waals surface area contributed by atoms with Gasteiger partial charge in [0.2, 0.25) is 0 Å². The van der Waals surface area contributed by atoms with E-state index in [-0.39, 0.29) is 12.4 Å². The molecule has 0 aliphatic carbocycles. The minimum Gasteiger partial charge on any atom is -0.494 e. The van der Waals surface area contributed by atoms with Crippen molar-refractivity contribution in [3.8, 4) is 11.5 Å². The van der Waals surface area contributed by atoms with Crippen molar-refractivity contribution < 1.29 is 14.3 Å². The van der Waals surface area contributed by atoms with E-state index in [9.17, 15) is 4.79 Å². The Kier molecular flexibility index (Phi) is 4.05. The number of fused-ring (bicyclic) bond motifs is 1. The molecule has 112 valence electrons. The van der Waals surface area contributed by atoms with E-state index in [1.54, 1.807) is 18.5 Å². The number of aromatic nitrogens is 2. The van der Waals surface area contributed by atoms with E-state index in [0.717, 1.165) is 22.3 Å². The van der Waals surface area contributed by atoms with Gasteiger partial charge in [0.05, 0.1) is 30.4 Å². The molecular weight excluding hydrogens is 280 g/mol. The second kappa shape index (κ2) is 6.30. The Bertz CT molecular complexity index is 778. The fourth-order valence-electron chi connectivity index (χ4n) is 2.18. The van der Waals surface area contributed by atoms with Gasteiger partial charge in [-0.05, 0) is 36.8 Å². The smallest absolute Gasteiger partial charge is 0.315 e. The maximum absolute atomic E-state index is 12.0. The second-order valence-corrected chi connectivity index (χ2v) is 4.81. The topological polar surface area (TPSA) is 64.2 Å². The van der Waals surface area contributed by atoms with Crippen molar-refractivity contribution in [3.63, 3.8) is 0 Å². The van der Waals surface area contributed by atoms with E-state index in [4.69, 9.17) is 9.47 Å². The number of esters is 1. The van der Waals surface area contributed by atoms with Crippen LogP contribution in [-0.2, 0) is 11.2 Å². The molecule has 1 N–H and O–H groups in total. The van der Waals surface area contributed by atoms with Crippen molar-refractivity contribution in [1.29, 1.82) is 0 Å². The monoisotopic (exact) mass is 296 g/mol. The Balaban J connectivity index is 1.63. The first-order valence-electron chi connectivity index (χ1n) is 7.10. The lowest BCUT2D eigenvalue weighted by Crippen LogP contribution is -2.11. The lowest BCUT2D eigenvalue weighted by atomic mass is 10.1. The minimum absolute atomic E-state index is 0.216. The van der Waals surface area contributed by atoms with Crippen LogP contribution in [0, 0.1) is 0 Å². The summed E-state index contributed by atoms with van der Waals surface area (Å²) >= 11 is 0. The van der Waals surface area contributed by atoms with E-state index in [1.807, 2.05) is 37.3 Å². The van der Waals surface area contributed by atoms with Crippen molar-refractivity contribution in [2.24, 2.45) is 0 Å². The van der Waals surface area contributed by atoms with Gasteiger partial charge in [0.1, 0.15) is 11.5 Å². The van der Waals surface area contributed by atoms with Crippen LogP contribution in [0.15, 0.2) is 48.8 Å². The summed E-state index contributed by atoms with van der Waals surface area (Å²) in [5, 5.41) is 0. The van der Waals surface area contributed by atoms with Gasteiger partial charge in [0.15, 0.2) is 0 Å². The van der Waals surface area contributed by atoms with Crippen LogP contribution in [0.1, 0.15) is 12.5 Å². The van der Waals surface area contributed by atoms with Crippen LogP contribution in [0.25, 0.3) is 11.0 Å². The first-order chi connectivity index (χ1) is 10.7. The number of ether oxygens (including phenoxy) is 2. The highest BCUT2D eigenvalue weighted by Gasteiger charge is 2.08. The lowest BCUT2D eigenvalue weighted by molar-refractivity contribution is -0.133. The predicted molar refractivity (Wildman–Crippen MR) is 83.0 cm³/mol. The average Bonchev–Trinajstić information content (AvgIpc) is 2.97. The van der Waals surface area contributed by atoms with E-state index >= 15 is 0 Å². The number of benzene rings is 2. The van der Waals surface area contributed by atoms with E-state index < -0.39 is 0 Å². The SMILES string of the molecule is CCOc1ccc(CC(=O)Oc2ccc3nc[nH]c3c2)cc1. The van der Waals surface area contributed by atoms with Gasteiger partial charge < -0.3 is 14.5 Å². The minimum atomic E-state index is -0.303. The summed E-state index contributed by atoms with van der Waals surface area (Å²) in [5.41, 5.74) is 2.56. The summed E-state index contributed by atoms with van der Waals surface area (Å²) in [6.07, 6.45) is 1.82. The predicted octanol–water partition coefficient (Wildman–Crippen LogP) is 3.11. The molecule has 0 unspecified atom stereocenters. The molecule has 0 aliphatic heterocycles. The number of imidazole rings is 1. The quantitative estimate of drug-likeness (QED) is 0.580. The molecule has 0 bridgehead atoms. The van der Waals surface area contributed by atoms with E-state index in [1.165, 1.54) is 0 Å². The van der Waals surface area contributed by atoms with Gasteiger partial charge >= 0.3 is 5.97 Å². The van der Waals surface area contributed by atoms with Crippen LogP contribution in [0.5, 0.6) is 11.5 Å². The number of aromatic amines is 1. The van der Waals surface area contributed by atoms with Crippen molar-refractivity contribution >= 4 is 17.0 Å². The summed E-state index contributed by atoms with van der Waals surface area (Å²) in [6.45, 7) is 2.55. The van der Waals surface area contributed by atoms with Crippen LogP contribution < -0.4 is 9.47 Å². The normalized spacial score (nSPS) is 10.6. The highest BCUT2D eigenvalue weighted by Crippen LogP contribution is 2.19. The first-order valence-corrected chi connectivity index (χ1v) is 7.10. The molecule has 0 atom stereocenters. The summed E-state index contributed by atoms with van der Waals surface area (Å²) in [6, 6.07) is 12.7. The number of nitrogens with zero attached hydrogens (tertiary/aromatic N) is 1. The Morgan fingerprint density at radius 2 is 1.91 bits per heavy atom. The fraction of sp³-hybridized carbons (Fsp3) is 0.176. The third-order valence-electron chi connectivity index (χ3n) is 3.21. The Morgan fingerprint density at radius 1 is 1.14 bits per heavy atom. The Labute approximate surface area is 127 Å². The van der Waals surface area contributed by atoms with Crippen LogP contribution in [0.3, 0.4) is 0 Å². The van der Waals surface area contributed by atoms with Crippen LogP contribution in [0.2, 0.25) is 0 Å². The van der Waals surface area contributed by atoms with Gasteiger partial charge in [-0.2, -0.15) is 0 Å². The molecule has 3 aromatic rings. The molecule has 0 saturated carbocycles. The van der Waals surface area contributed by atoms with Gasteiger partial charge in [-0.1, -0.05) is 12.1 Å². The maximum Gasteiger partial charge on any atom is 0.315 e. The highest BCUT2D eigenvalue weighted by atomic mass is 16.5. The van der Waals surface area contributed by atoms with Gasteiger partial charge in [-0.25, -0.2) is 4.98 Å². The zero-order chi connectivity index (χ0) is 15.4. The van der Waals surface area contributed by atoms with Crippen molar-refractivity contribution in [2.45, 2.75) is 13.3 Å². The van der Waals surface area contributed by atoms with E-state index in [0.29, 0.717) is 12.4 Å². The van der Waals surface area contributed by atoms with Crippen molar-refractivity contribution in [1.82, 2.24) is 9.97 Å². The first kappa shape index (κ1) is 14.1. The molecule has 3 rings (SSSR count). The molecule has 0 amide bonds. The largest absolute Gasteiger partial charge is 0.494 e. The zero-order valence-corrected chi connectivity index (χ0v) is 12.2. The molecule has 0 radical (unpaired) electrons. The maximum atomic E-state index is 12.0. The molecular formula is C17H16N2O3. The molecule has 1 heterocycles. The summed E-state index contributed by atoms with van der Waals surface area (Å²) in [4.78, 5) is 19.1. The highest BCUT2D eigenvalue weighted by molar-refractivity contribution is 5.79. The Morgan fingerprint density at radius 3 is 2.68 bits per heavy atom. The van der Waals surface area contributed by atoms with Crippen molar-refractivity contribution in [3.05, 3.63) is 54.4 Å². The number of hydrogen-bond donors (Lipinski definition) is 1. The molecule has 1 aromatic heterocycles. The number of nitrogens with one attached hydrogen (secondary N) is 1. The number of carbonyl (C=O) groups excluding carboxylic acids is 1. The summed E-state index contributed by atoms with van der Waals surface area (Å²) in [7, 11) is 0. The standard InChI is InChI=1S/C17H16N2O3/c1-2-21-13-5-3-12(4-6-13)9-17(20)22-14-7-8-15-16(10-14)19-11-18-15/h3-8,10-11H,2,9H2,1H3,(H,18,19). The molecule has 0 saturated heterocycles. The Hall–Kier alpha value is -2.82. The van der Waals surface area contributed by atoms with Crippen LogP contribution >= 0.6 is 0 Å². The van der Waals surface area contributed by atoms with E-state index in [2.05, 4.69) is 9.97 Å². The third-order valence-corrected chi connectivity index (χ3v) is 3.21. The fourth-order valence-corrected chi connectivity index (χ4v) is 2.18. The number of carbonyl (C=O) groups is 1. The van der Waals surface area contributed by atoms with Gasteiger partial charge in [-0.3, -0.25) is 4.79 Å². The second-order valence-electron chi connectivity index (χ2n) is 4.81. The summed E-state index contributed by atoms with van der Waals surface area (Å²) in [5.74, 6) is 1.00. The van der Waals surface area contributed by atoms with Gasteiger partial charge in [0.25, 0.3) is 0 Å². The zero-order valence-electron chi connectivity index (χ0n) is 12.2. The number of hydrogen-bond acceptors (Lipinski definition) is 4. The van der Waals surface area contributed by atoms with Crippen LogP contribution in [0.4, 0.5) is 0 Å². The van der Waals surface area contributed by atoms with Crippen LogP contribution in [-0.4, -0.2) is 22.5 Å². The average molecular weight is 296 g/mol. The van der Waals surface area contributed by atoms with Crippen molar-refractivity contribution in [2.75, 3.05) is 6.61 Å². The molecule has 0 spiro atoms. The van der Waals surface area contributed by atoms with Gasteiger partial charge in [-0.15, -0.1) is 0 Å². The molecule has 0 fully saturated rings. The molecule has 5 nitrogen and oxygen atoms in total. The lowest BCUT2D eigenvalue weighted by Gasteiger charge is -2.06. The number of rotatable bonds is 5. The number of H-pyrrole nitrogens is 1. The summed E-state index contributed by atoms with van der Waals surface area (Å²) < 4.78 is 10.7. The third kappa shape index (κ3) is 3.25. The molecule has 2 aromatic carbocycles.